The van der Waals surface area contributed by atoms with Gasteiger partial charge in [0, 0.05) is 37.0 Å². The molecule has 1 unspecified atom stereocenters. The van der Waals surface area contributed by atoms with Crippen LogP contribution >= 0.6 is 0 Å². The van der Waals surface area contributed by atoms with Gasteiger partial charge in [0.1, 0.15) is 23.8 Å². The topological polar surface area (TPSA) is 66.8 Å². The Kier molecular flexibility index (Phi) is 6.80. The van der Waals surface area contributed by atoms with Crippen LogP contribution in [-0.4, -0.2) is 34.2 Å². The second-order valence-corrected chi connectivity index (χ2v) is 9.38. The number of hydrogen-bond acceptors (Lipinski definition) is 5. The SMILES string of the molecule is C[C@@H]1C=C[C@H](C)N2Cc3c(OCc4ccccc4)c(=O)c(C(=O)NCc4ccc(F)cc4F)cn3N1C2. The molecule has 0 aliphatic carbocycles. The minimum absolute atomic E-state index is 0.000183. The molecule has 192 valence electrons. The van der Waals surface area contributed by atoms with Crippen molar-refractivity contribution >= 4 is 5.91 Å². The van der Waals surface area contributed by atoms with Crippen LogP contribution < -0.4 is 20.5 Å². The van der Waals surface area contributed by atoms with Crippen molar-refractivity contribution in [2.45, 2.75) is 45.6 Å². The maximum absolute atomic E-state index is 14.1. The van der Waals surface area contributed by atoms with Crippen LogP contribution in [0.1, 0.15) is 41.0 Å². The Morgan fingerprint density at radius 1 is 1.08 bits per heavy atom. The molecule has 1 aromatic heterocycles. The fraction of sp³-hybridized carbons (Fsp3) is 0.286. The monoisotopic (exact) mass is 506 g/mol. The fourth-order valence-electron chi connectivity index (χ4n) is 4.60. The van der Waals surface area contributed by atoms with E-state index in [1.165, 1.54) is 12.3 Å². The molecule has 0 spiro atoms. The molecule has 0 radical (unpaired) electrons. The summed E-state index contributed by atoms with van der Waals surface area (Å²) in [4.78, 5) is 29.0. The summed E-state index contributed by atoms with van der Waals surface area (Å²) in [5.74, 6) is -2.03. The Morgan fingerprint density at radius 2 is 1.84 bits per heavy atom. The summed E-state index contributed by atoms with van der Waals surface area (Å²) in [5, 5.41) is 4.66. The number of halogens is 2. The molecule has 2 aliphatic rings. The molecule has 0 fully saturated rings. The van der Waals surface area contributed by atoms with E-state index in [-0.39, 0.29) is 42.1 Å². The lowest BCUT2D eigenvalue weighted by atomic mass is 10.1. The lowest BCUT2D eigenvalue weighted by molar-refractivity contribution is 0.0946. The number of carbonyl (C=O) groups excluding carboxylic acids is 1. The molecule has 7 nitrogen and oxygen atoms in total. The van der Waals surface area contributed by atoms with Crippen LogP contribution in [0.5, 0.6) is 5.75 Å². The first-order valence-electron chi connectivity index (χ1n) is 12.2. The van der Waals surface area contributed by atoms with Gasteiger partial charge in [-0.3, -0.25) is 24.2 Å². The van der Waals surface area contributed by atoms with Gasteiger partial charge in [-0.05, 0) is 25.5 Å². The molecule has 1 amide bonds. The molecule has 1 N–H and O–H groups in total. The van der Waals surface area contributed by atoms with Crippen molar-refractivity contribution in [3.8, 4) is 5.75 Å². The lowest BCUT2D eigenvalue weighted by Crippen LogP contribution is -2.54. The van der Waals surface area contributed by atoms with Gasteiger partial charge in [-0.25, -0.2) is 8.78 Å². The van der Waals surface area contributed by atoms with Gasteiger partial charge >= 0.3 is 0 Å². The van der Waals surface area contributed by atoms with E-state index in [0.717, 1.165) is 17.7 Å². The molecule has 37 heavy (non-hydrogen) atoms. The number of hydrogen-bond donors (Lipinski definition) is 1. The van der Waals surface area contributed by atoms with Crippen molar-refractivity contribution in [3.63, 3.8) is 0 Å². The van der Waals surface area contributed by atoms with Gasteiger partial charge in [0.05, 0.1) is 18.4 Å². The summed E-state index contributed by atoms with van der Waals surface area (Å²) in [5.41, 5.74) is 1.02. The second-order valence-electron chi connectivity index (χ2n) is 9.38. The van der Waals surface area contributed by atoms with Crippen molar-refractivity contribution in [2.75, 3.05) is 11.7 Å². The standard InChI is InChI=1S/C28H28F2N4O3/c1-18-8-9-19(2)34-17-32(18)15-25-27(37-16-20-6-4-3-5-7-20)26(35)23(14-33(25)34)28(36)31-13-21-10-11-22(29)12-24(21)30/h3-12,14,18-19H,13,15-17H2,1-2H3,(H,31,36)/t18-,19+/m0/s1. The van der Waals surface area contributed by atoms with Crippen LogP contribution in [0.3, 0.4) is 0 Å². The summed E-state index contributed by atoms with van der Waals surface area (Å²) < 4.78 is 35.3. The summed E-state index contributed by atoms with van der Waals surface area (Å²) >= 11 is 0. The predicted octanol–water partition coefficient (Wildman–Crippen LogP) is 3.69. The molecule has 5 rings (SSSR count). The summed E-state index contributed by atoms with van der Waals surface area (Å²) in [6.07, 6.45) is 5.76. The normalized spacial score (nSPS) is 20.2. The van der Waals surface area contributed by atoms with E-state index >= 15 is 0 Å². The third kappa shape index (κ3) is 4.99. The Balaban J connectivity index is 1.52. The number of rotatable bonds is 6. The number of nitrogens with zero attached hydrogens (tertiary/aromatic N) is 3. The van der Waals surface area contributed by atoms with E-state index in [1.54, 1.807) is 0 Å². The molecule has 3 aromatic rings. The van der Waals surface area contributed by atoms with Crippen LogP contribution in [0.25, 0.3) is 0 Å². The van der Waals surface area contributed by atoms with Crippen molar-refractivity contribution in [3.05, 3.63) is 111 Å². The van der Waals surface area contributed by atoms with Crippen molar-refractivity contribution in [1.29, 1.82) is 0 Å². The predicted molar refractivity (Wildman–Crippen MR) is 136 cm³/mol. The van der Waals surface area contributed by atoms with E-state index < -0.39 is 23.0 Å². The number of fused-ring (bicyclic) bond motifs is 4. The number of ether oxygens (including phenoxy) is 1. The van der Waals surface area contributed by atoms with Crippen molar-refractivity contribution in [1.82, 2.24) is 14.9 Å². The van der Waals surface area contributed by atoms with Gasteiger partial charge in [-0.1, -0.05) is 48.6 Å². The quantitative estimate of drug-likeness (QED) is 0.517. The number of amides is 1. The Labute approximate surface area is 213 Å². The highest BCUT2D eigenvalue weighted by molar-refractivity contribution is 5.94. The van der Waals surface area contributed by atoms with Crippen LogP contribution in [0.4, 0.5) is 8.78 Å². The Hall–Kier alpha value is -3.98. The third-order valence-electron chi connectivity index (χ3n) is 6.84. The van der Waals surface area contributed by atoms with Crippen LogP contribution in [-0.2, 0) is 19.7 Å². The first-order chi connectivity index (χ1) is 17.8. The smallest absolute Gasteiger partial charge is 0.257 e. The van der Waals surface area contributed by atoms with E-state index in [0.29, 0.717) is 18.9 Å². The largest absolute Gasteiger partial charge is 0.483 e. The van der Waals surface area contributed by atoms with E-state index in [4.69, 9.17) is 4.74 Å². The third-order valence-corrected chi connectivity index (χ3v) is 6.84. The summed E-state index contributed by atoms with van der Waals surface area (Å²) in [6, 6.07) is 12.8. The van der Waals surface area contributed by atoms with Crippen LogP contribution in [0.2, 0.25) is 0 Å². The van der Waals surface area contributed by atoms with Crippen LogP contribution in [0, 0.1) is 11.6 Å². The van der Waals surface area contributed by atoms with Crippen molar-refractivity contribution in [2.24, 2.45) is 0 Å². The molecule has 3 atom stereocenters. The first-order valence-corrected chi connectivity index (χ1v) is 12.2. The van der Waals surface area contributed by atoms with Gasteiger partial charge in [-0.15, -0.1) is 0 Å². The zero-order valence-corrected chi connectivity index (χ0v) is 20.7. The number of benzene rings is 2. The molecule has 2 aromatic carbocycles. The van der Waals surface area contributed by atoms with Gasteiger partial charge in [0.15, 0.2) is 5.75 Å². The van der Waals surface area contributed by atoms with Gasteiger partial charge in [-0.2, -0.15) is 0 Å². The minimum Gasteiger partial charge on any atom is -0.483 e. The molecule has 2 bridgehead atoms. The maximum Gasteiger partial charge on any atom is 0.257 e. The first kappa shape index (κ1) is 24.7. The van der Waals surface area contributed by atoms with E-state index in [1.807, 2.05) is 41.9 Å². The molecule has 0 saturated carbocycles. The molecule has 0 saturated heterocycles. The van der Waals surface area contributed by atoms with Gasteiger partial charge < -0.3 is 10.1 Å². The minimum atomic E-state index is -0.770. The van der Waals surface area contributed by atoms with Gasteiger partial charge in [0.25, 0.3) is 5.91 Å². The highest BCUT2D eigenvalue weighted by atomic mass is 19.1. The average Bonchev–Trinajstić information content (AvgIpc) is 3.00. The molecule has 2 aliphatic heterocycles. The number of nitrogens with one attached hydrogen (secondary N) is 1. The Morgan fingerprint density at radius 3 is 2.59 bits per heavy atom. The number of aromatic nitrogens is 1. The van der Waals surface area contributed by atoms with E-state index in [2.05, 4.69) is 34.3 Å². The highest BCUT2D eigenvalue weighted by Crippen LogP contribution is 2.27. The van der Waals surface area contributed by atoms with Crippen LogP contribution in [0.15, 0.2) is 71.7 Å². The lowest BCUT2D eigenvalue weighted by Gasteiger charge is -2.42. The maximum atomic E-state index is 14.1. The molecular formula is C28H28F2N4O3. The summed E-state index contributed by atoms with van der Waals surface area (Å²) in [7, 11) is 0. The molecule has 3 heterocycles. The highest BCUT2D eigenvalue weighted by Gasteiger charge is 2.33. The zero-order valence-electron chi connectivity index (χ0n) is 20.7. The molecular weight excluding hydrogens is 478 g/mol. The Bertz CT molecular complexity index is 1410. The summed E-state index contributed by atoms with van der Waals surface area (Å²) in [6.45, 7) is 5.18. The molecule has 9 heteroatoms. The van der Waals surface area contributed by atoms with E-state index in [9.17, 15) is 18.4 Å². The van der Waals surface area contributed by atoms with Gasteiger partial charge in [0.2, 0.25) is 5.43 Å². The second kappa shape index (κ2) is 10.2. The average molecular weight is 507 g/mol. The van der Waals surface area contributed by atoms with Crippen molar-refractivity contribution < 1.29 is 18.3 Å². The zero-order chi connectivity index (χ0) is 26.1. The number of pyridine rings is 1. The number of carbonyl (C=O) groups is 1. The fourth-order valence-corrected chi connectivity index (χ4v) is 4.60.